The van der Waals surface area contributed by atoms with E-state index < -0.39 is 0 Å². The Kier molecular flexibility index (Phi) is 4.22. The van der Waals surface area contributed by atoms with Crippen LogP contribution in [0.4, 0.5) is 4.39 Å². The lowest BCUT2D eigenvalue weighted by atomic mass is 10.2. The molecule has 0 atom stereocenters. The van der Waals surface area contributed by atoms with Crippen LogP contribution < -0.4 is 4.80 Å². The number of thiazole rings is 1. The Morgan fingerprint density at radius 2 is 2.09 bits per heavy atom. The van der Waals surface area contributed by atoms with E-state index >= 15 is 0 Å². The summed E-state index contributed by atoms with van der Waals surface area (Å²) in [6, 6.07) is 12.0. The number of hydrogen-bond acceptors (Lipinski definition) is 2. The van der Waals surface area contributed by atoms with Crippen LogP contribution in [0, 0.1) is 5.82 Å². The molecule has 0 spiro atoms. The molecule has 0 N–H and O–H groups in total. The van der Waals surface area contributed by atoms with Crippen LogP contribution in [-0.4, -0.2) is 10.5 Å². The third-order valence-electron chi connectivity index (χ3n) is 3.24. The zero-order chi connectivity index (χ0) is 15.7. The summed E-state index contributed by atoms with van der Waals surface area (Å²) < 4.78 is 17.3. The van der Waals surface area contributed by atoms with Crippen molar-refractivity contribution in [2.45, 2.75) is 13.5 Å². The number of benzene rings is 2. The molecule has 1 heterocycles. The molecule has 0 bridgehead atoms. The first-order valence-electron chi connectivity index (χ1n) is 6.72. The average Bonchev–Trinajstić information content (AvgIpc) is 2.85. The Morgan fingerprint density at radius 1 is 1.32 bits per heavy atom. The summed E-state index contributed by atoms with van der Waals surface area (Å²) in [5.74, 6) is -0.637. The molecule has 0 saturated carbocycles. The topological polar surface area (TPSA) is 34.4 Å². The van der Waals surface area contributed by atoms with Crippen LogP contribution in [0.1, 0.15) is 17.3 Å². The number of hydrogen-bond donors (Lipinski definition) is 0. The maximum absolute atomic E-state index is 14.0. The summed E-state index contributed by atoms with van der Waals surface area (Å²) >= 11 is 4.65. The van der Waals surface area contributed by atoms with Crippen LogP contribution in [0.3, 0.4) is 0 Å². The number of fused-ring (bicyclic) bond motifs is 1. The molecular weight excluding hydrogens is 367 g/mol. The van der Waals surface area contributed by atoms with Gasteiger partial charge in [-0.15, -0.1) is 0 Å². The molecule has 0 aliphatic carbocycles. The molecule has 1 amide bonds. The van der Waals surface area contributed by atoms with Gasteiger partial charge < -0.3 is 4.57 Å². The minimum Gasteiger partial charge on any atom is -0.314 e. The van der Waals surface area contributed by atoms with Gasteiger partial charge in [-0.1, -0.05) is 39.4 Å². The molecule has 3 aromatic rings. The number of amides is 1. The van der Waals surface area contributed by atoms with Gasteiger partial charge in [-0.25, -0.2) is 4.39 Å². The van der Waals surface area contributed by atoms with Crippen LogP contribution >= 0.6 is 27.3 Å². The van der Waals surface area contributed by atoms with Crippen molar-refractivity contribution < 1.29 is 9.18 Å². The number of aromatic nitrogens is 1. The second kappa shape index (κ2) is 6.14. The summed E-state index contributed by atoms with van der Waals surface area (Å²) in [7, 11) is 0. The summed E-state index contributed by atoms with van der Waals surface area (Å²) in [5.41, 5.74) is 0.991. The first-order valence-corrected chi connectivity index (χ1v) is 8.33. The molecular formula is C16H12BrFN2OS. The van der Waals surface area contributed by atoms with E-state index in [2.05, 4.69) is 20.9 Å². The molecule has 0 radical (unpaired) electrons. The van der Waals surface area contributed by atoms with Gasteiger partial charge in [0, 0.05) is 16.6 Å². The van der Waals surface area contributed by atoms with Gasteiger partial charge in [0.1, 0.15) is 5.82 Å². The maximum Gasteiger partial charge on any atom is 0.279 e. The standard InChI is InChI=1S/C16H12BrFN2OS/c1-2-20-14-12(18)7-4-8-13(14)22-16(20)19-15(21)10-5-3-6-11(17)9-10/h3-9H,2H2,1H3. The Labute approximate surface area is 138 Å². The number of carbonyl (C=O) groups is 1. The lowest BCUT2D eigenvalue weighted by Gasteiger charge is -2.01. The second-order valence-electron chi connectivity index (χ2n) is 4.64. The van der Waals surface area contributed by atoms with Gasteiger partial charge in [-0.2, -0.15) is 4.99 Å². The quantitative estimate of drug-likeness (QED) is 0.651. The molecule has 0 aliphatic rings. The van der Waals surface area contributed by atoms with Crippen LogP contribution in [0.15, 0.2) is 51.9 Å². The molecule has 22 heavy (non-hydrogen) atoms. The van der Waals surface area contributed by atoms with Crippen molar-refractivity contribution in [2.75, 3.05) is 0 Å². The molecule has 1 aromatic heterocycles. The minimum atomic E-state index is -0.338. The highest BCUT2D eigenvalue weighted by Gasteiger charge is 2.11. The Bertz CT molecular complexity index is 929. The molecule has 6 heteroatoms. The van der Waals surface area contributed by atoms with E-state index in [9.17, 15) is 9.18 Å². The van der Waals surface area contributed by atoms with Crippen molar-refractivity contribution in [3.8, 4) is 0 Å². The summed E-state index contributed by atoms with van der Waals surface area (Å²) in [6.07, 6.45) is 0. The van der Waals surface area contributed by atoms with Crippen molar-refractivity contribution in [1.82, 2.24) is 4.57 Å². The fraction of sp³-hybridized carbons (Fsp3) is 0.125. The predicted octanol–water partition coefficient (Wildman–Crippen LogP) is 4.37. The van der Waals surface area contributed by atoms with E-state index in [-0.39, 0.29) is 11.7 Å². The highest BCUT2D eigenvalue weighted by Crippen LogP contribution is 2.20. The third kappa shape index (κ3) is 2.76. The number of aryl methyl sites for hydroxylation is 1. The fourth-order valence-electron chi connectivity index (χ4n) is 2.24. The van der Waals surface area contributed by atoms with Gasteiger partial charge >= 0.3 is 0 Å². The van der Waals surface area contributed by atoms with Crippen molar-refractivity contribution in [1.29, 1.82) is 0 Å². The first-order chi connectivity index (χ1) is 10.6. The molecule has 3 nitrogen and oxygen atoms in total. The van der Waals surface area contributed by atoms with Gasteiger partial charge in [-0.3, -0.25) is 4.79 Å². The zero-order valence-corrected chi connectivity index (χ0v) is 14.1. The van der Waals surface area contributed by atoms with Gasteiger partial charge in [0.15, 0.2) is 4.80 Å². The van der Waals surface area contributed by atoms with E-state index in [0.717, 1.165) is 9.17 Å². The lowest BCUT2D eigenvalue weighted by Crippen LogP contribution is -2.16. The number of nitrogens with zero attached hydrogens (tertiary/aromatic N) is 2. The first kappa shape index (κ1) is 15.1. The zero-order valence-electron chi connectivity index (χ0n) is 11.7. The molecule has 0 aliphatic heterocycles. The summed E-state index contributed by atoms with van der Waals surface area (Å²) in [6.45, 7) is 2.45. The average molecular weight is 379 g/mol. The van der Waals surface area contributed by atoms with Crippen LogP contribution in [0.25, 0.3) is 10.2 Å². The number of halogens is 2. The Balaban J connectivity index is 2.17. The molecule has 0 saturated heterocycles. The smallest absolute Gasteiger partial charge is 0.279 e. The normalized spacial score (nSPS) is 12.0. The van der Waals surface area contributed by atoms with Gasteiger partial charge in [-0.05, 0) is 37.3 Å². The van der Waals surface area contributed by atoms with Crippen LogP contribution in [0.2, 0.25) is 0 Å². The van der Waals surface area contributed by atoms with E-state index in [0.29, 0.717) is 22.4 Å². The summed E-state index contributed by atoms with van der Waals surface area (Å²) in [4.78, 5) is 17.0. The molecule has 2 aromatic carbocycles. The molecule has 112 valence electrons. The van der Waals surface area contributed by atoms with E-state index in [1.807, 2.05) is 19.1 Å². The van der Waals surface area contributed by atoms with E-state index in [1.165, 1.54) is 17.4 Å². The maximum atomic E-state index is 14.0. The van der Waals surface area contributed by atoms with Crippen molar-refractivity contribution in [3.05, 3.63) is 63.1 Å². The second-order valence-corrected chi connectivity index (χ2v) is 6.57. The number of rotatable bonds is 2. The van der Waals surface area contributed by atoms with Crippen molar-refractivity contribution in [2.24, 2.45) is 4.99 Å². The minimum absolute atomic E-state index is 0.299. The highest BCUT2D eigenvalue weighted by atomic mass is 79.9. The molecule has 0 unspecified atom stereocenters. The van der Waals surface area contributed by atoms with E-state index in [1.54, 1.807) is 28.8 Å². The largest absolute Gasteiger partial charge is 0.314 e. The lowest BCUT2D eigenvalue weighted by molar-refractivity contribution is 0.0998. The van der Waals surface area contributed by atoms with Gasteiger partial charge in [0.2, 0.25) is 0 Å². The van der Waals surface area contributed by atoms with Crippen LogP contribution in [0.5, 0.6) is 0 Å². The highest BCUT2D eigenvalue weighted by molar-refractivity contribution is 9.10. The number of carbonyl (C=O) groups excluding carboxylic acids is 1. The SMILES string of the molecule is CCn1c(=NC(=O)c2cccc(Br)c2)sc2cccc(F)c21. The van der Waals surface area contributed by atoms with E-state index in [4.69, 9.17) is 0 Å². The number of para-hydroxylation sites is 1. The third-order valence-corrected chi connectivity index (χ3v) is 4.77. The Hall–Kier alpha value is -1.79. The van der Waals surface area contributed by atoms with Crippen molar-refractivity contribution >= 4 is 43.4 Å². The van der Waals surface area contributed by atoms with Gasteiger partial charge in [0.25, 0.3) is 5.91 Å². The summed E-state index contributed by atoms with van der Waals surface area (Å²) in [5, 5.41) is 0. The predicted molar refractivity (Wildman–Crippen MR) is 89.5 cm³/mol. The van der Waals surface area contributed by atoms with Gasteiger partial charge in [0.05, 0.1) is 10.2 Å². The molecule has 0 fully saturated rings. The van der Waals surface area contributed by atoms with Crippen molar-refractivity contribution in [3.63, 3.8) is 0 Å². The molecule has 3 rings (SSSR count). The monoisotopic (exact) mass is 378 g/mol. The Morgan fingerprint density at radius 3 is 2.82 bits per heavy atom. The van der Waals surface area contributed by atoms with Crippen LogP contribution in [-0.2, 0) is 6.54 Å². The fourth-order valence-corrected chi connectivity index (χ4v) is 3.74.